The molecule has 8 nitrogen and oxygen atoms in total. The summed E-state index contributed by atoms with van der Waals surface area (Å²) in [7, 11) is 0. The van der Waals surface area contributed by atoms with Crippen molar-refractivity contribution in [2.24, 2.45) is 0 Å². The summed E-state index contributed by atoms with van der Waals surface area (Å²) >= 11 is 0. The van der Waals surface area contributed by atoms with Gasteiger partial charge in [-0.2, -0.15) is 17.9 Å². The first-order valence-corrected chi connectivity index (χ1v) is 10.1. The summed E-state index contributed by atoms with van der Waals surface area (Å²) in [6.45, 7) is 3.63. The van der Waals surface area contributed by atoms with E-state index in [9.17, 15) is 18.0 Å². The number of nitrogens with zero attached hydrogens (tertiary/aromatic N) is 6. The molecule has 0 saturated carbocycles. The SMILES string of the molecule is O=C(CN1CCN(Cc2nnnn2-c2ccc(C(F)(F)F)cc2)CC1)Nc1ccccc1. The molecule has 32 heavy (non-hydrogen) atoms. The van der Waals surface area contributed by atoms with Gasteiger partial charge in [0.1, 0.15) is 0 Å². The van der Waals surface area contributed by atoms with Gasteiger partial charge < -0.3 is 5.32 Å². The number of carbonyl (C=O) groups excluding carboxylic acids is 1. The number of benzene rings is 2. The second kappa shape index (κ2) is 9.45. The van der Waals surface area contributed by atoms with Crippen molar-refractivity contribution in [3.8, 4) is 5.69 Å². The van der Waals surface area contributed by atoms with E-state index in [4.69, 9.17) is 0 Å². The van der Waals surface area contributed by atoms with Gasteiger partial charge in [0.25, 0.3) is 0 Å². The molecular formula is C21H22F3N7O. The zero-order valence-electron chi connectivity index (χ0n) is 17.2. The van der Waals surface area contributed by atoms with E-state index in [2.05, 4.69) is 30.6 Å². The fourth-order valence-electron chi connectivity index (χ4n) is 3.53. The molecule has 2 heterocycles. The molecule has 1 aromatic heterocycles. The average Bonchev–Trinajstić information content (AvgIpc) is 3.23. The summed E-state index contributed by atoms with van der Waals surface area (Å²) in [5, 5.41) is 14.5. The second-order valence-corrected chi connectivity index (χ2v) is 7.52. The van der Waals surface area contributed by atoms with Crippen molar-refractivity contribution in [1.82, 2.24) is 30.0 Å². The Bertz CT molecular complexity index is 1030. The molecule has 1 amide bonds. The van der Waals surface area contributed by atoms with Gasteiger partial charge in [0.15, 0.2) is 5.82 Å². The van der Waals surface area contributed by atoms with Crippen LogP contribution in [0.25, 0.3) is 5.69 Å². The molecule has 0 atom stereocenters. The molecule has 2 aromatic carbocycles. The Balaban J connectivity index is 1.30. The fourth-order valence-corrected chi connectivity index (χ4v) is 3.53. The number of rotatable bonds is 6. The lowest BCUT2D eigenvalue weighted by Gasteiger charge is -2.33. The van der Waals surface area contributed by atoms with Crippen LogP contribution >= 0.6 is 0 Å². The third-order valence-corrected chi connectivity index (χ3v) is 5.23. The summed E-state index contributed by atoms with van der Waals surface area (Å²) in [4.78, 5) is 16.5. The van der Waals surface area contributed by atoms with Crippen LogP contribution in [0, 0.1) is 0 Å². The van der Waals surface area contributed by atoms with Crippen molar-refractivity contribution < 1.29 is 18.0 Å². The Kier molecular flexibility index (Phi) is 6.47. The quantitative estimate of drug-likeness (QED) is 0.628. The highest BCUT2D eigenvalue weighted by Crippen LogP contribution is 2.29. The van der Waals surface area contributed by atoms with E-state index in [1.54, 1.807) is 0 Å². The molecule has 11 heteroatoms. The summed E-state index contributed by atoms with van der Waals surface area (Å²) in [6, 6.07) is 14.0. The number of halogens is 3. The first kappa shape index (κ1) is 21.9. The number of alkyl halides is 3. The van der Waals surface area contributed by atoms with Crippen molar-refractivity contribution in [3.63, 3.8) is 0 Å². The van der Waals surface area contributed by atoms with Gasteiger partial charge in [-0.25, -0.2) is 0 Å². The lowest BCUT2D eigenvalue weighted by molar-refractivity contribution is -0.137. The van der Waals surface area contributed by atoms with E-state index < -0.39 is 11.7 Å². The standard InChI is InChI=1S/C21H22F3N7O/c22-21(23,24)16-6-8-18(9-7-16)31-19(26-27-28-31)14-29-10-12-30(13-11-29)15-20(32)25-17-4-2-1-3-5-17/h1-9H,10-15H2,(H,25,32). The summed E-state index contributed by atoms with van der Waals surface area (Å²) < 4.78 is 39.8. The predicted molar refractivity (Wildman–Crippen MR) is 111 cm³/mol. The molecule has 1 fully saturated rings. The first-order chi connectivity index (χ1) is 15.4. The van der Waals surface area contributed by atoms with Crippen LogP contribution in [-0.4, -0.2) is 68.6 Å². The highest BCUT2D eigenvalue weighted by atomic mass is 19.4. The molecule has 0 bridgehead atoms. The maximum absolute atomic E-state index is 12.8. The van der Waals surface area contributed by atoms with Crippen molar-refractivity contribution in [2.45, 2.75) is 12.7 Å². The molecule has 1 saturated heterocycles. The molecule has 1 aliphatic rings. The van der Waals surface area contributed by atoms with Gasteiger partial charge in [0.2, 0.25) is 5.91 Å². The van der Waals surface area contributed by atoms with Gasteiger partial charge in [-0.1, -0.05) is 18.2 Å². The van der Waals surface area contributed by atoms with Gasteiger partial charge in [-0.05, 0) is 46.8 Å². The number of aromatic nitrogens is 4. The van der Waals surface area contributed by atoms with Crippen molar-refractivity contribution in [2.75, 3.05) is 38.0 Å². The fraction of sp³-hybridized carbons (Fsp3) is 0.333. The van der Waals surface area contributed by atoms with Crippen molar-refractivity contribution in [3.05, 3.63) is 66.0 Å². The zero-order chi connectivity index (χ0) is 22.6. The molecule has 0 aliphatic carbocycles. The highest BCUT2D eigenvalue weighted by Gasteiger charge is 2.30. The lowest BCUT2D eigenvalue weighted by Crippen LogP contribution is -2.48. The maximum Gasteiger partial charge on any atom is 0.416 e. The zero-order valence-corrected chi connectivity index (χ0v) is 17.2. The van der Waals surface area contributed by atoms with Crippen LogP contribution in [0.3, 0.4) is 0 Å². The second-order valence-electron chi connectivity index (χ2n) is 7.52. The Hall–Kier alpha value is -3.31. The number of anilines is 1. The molecule has 168 valence electrons. The Morgan fingerprint density at radius 2 is 1.59 bits per heavy atom. The predicted octanol–water partition coefficient (Wildman–Crippen LogP) is 2.44. The van der Waals surface area contributed by atoms with Gasteiger partial charge in [0.05, 0.1) is 24.3 Å². The maximum atomic E-state index is 12.8. The van der Waals surface area contributed by atoms with Crippen LogP contribution in [0.1, 0.15) is 11.4 Å². The monoisotopic (exact) mass is 445 g/mol. The van der Waals surface area contributed by atoms with Crippen LogP contribution in [-0.2, 0) is 17.5 Å². The average molecular weight is 445 g/mol. The molecular weight excluding hydrogens is 423 g/mol. The van der Waals surface area contributed by atoms with E-state index in [0.29, 0.717) is 37.7 Å². The highest BCUT2D eigenvalue weighted by molar-refractivity contribution is 5.92. The van der Waals surface area contributed by atoms with Crippen LogP contribution in [0.15, 0.2) is 54.6 Å². The number of piperazine rings is 1. The van der Waals surface area contributed by atoms with E-state index >= 15 is 0 Å². The largest absolute Gasteiger partial charge is 0.416 e. The topological polar surface area (TPSA) is 79.2 Å². The van der Waals surface area contributed by atoms with Crippen molar-refractivity contribution in [1.29, 1.82) is 0 Å². The van der Waals surface area contributed by atoms with E-state index in [0.717, 1.165) is 30.9 Å². The lowest BCUT2D eigenvalue weighted by atomic mass is 10.2. The van der Waals surface area contributed by atoms with Gasteiger partial charge in [-0.15, -0.1) is 5.10 Å². The Labute approximate surface area is 182 Å². The Morgan fingerprint density at radius 3 is 2.25 bits per heavy atom. The van der Waals surface area contributed by atoms with Gasteiger partial charge in [-0.3, -0.25) is 14.6 Å². The molecule has 1 aliphatic heterocycles. The molecule has 0 radical (unpaired) electrons. The molecule has 0 unspecified atom stereocenters. The van der Waals surface area contributed by atoms with Crippen LogP contribution in [0.5, 0.6) is 0 Å². The van der Waals surface area contributed by atoms with Crippen LogP contribution < -0.4 is 5.32 Å². The number of tetrazole rings is 1. The minimum atomic E-state index is -4.39. The van der Waals surface area contributed by atoms with Crippen LogP contribution in [0.4, 0.5) is 18.9 Å². The first-order valence-electron chi connectivity index (χ1n) is 10.1. The number of carbonyl (C=O) groups is 1. The number of hydrogen-bond acceptors (Lipinski definition) is 6. The minimum Gasteiger partial charge on any atom is -0.325 e. The third-order valence-electron chi connectivity index (χ3n) is 5.23. The van der Waals surface area contributed by atoms with Crippen LogP contribution in [0.2, 0.25) is 0 Å². The molecule has 1 N–H and O–H groups in total. The number of nitrogens with one attached hydrogen (secondary N) is 1. The number of hydrogen-bond donors (Lipinski definition) is 1. The number of para-hydroxylation sites is 1. The molecule has 3 aromatic rings. The van der Waals surface area contributed by atoms with E-state index in [1.807, 2.05) is 30.3 Å². The number of amides is 1. The molecule has 4 rings (SSSR count). The van der Waals surface area contributed by atoms with Gasteiger partial charge in [0, 0.05) is 31.9 Å². The third kappa shape index (κ3) is 5.48. The smallest absolute Gasteiger partial charge is 0.325 e. The van der Waals surface area contributed by atoms with Crippen molar-refractivity contribution >= 4 is 11.6 Å². The normalized spacial score (nSPS) is 15.6. The van der Waals surface area contributed by atoms with E-state index in [1.165, 1.54) is 16.8 Å². The Morgan fingerprint density at radius 1 is 0.938 bits per heavy atom. The summed E-state index contributed by atoms with van der Waals surface area (Å²) in [5.41, 5.74) is 0.517. The van der Waals surface area contributed by atoms with E-state index in [-0.39, 0.29) is 5.91 Å². The summed E-state index contributed by atoms with van der Waals surface area (Å²) in [6.07, 6.45) is -4.39. The molecule has 0 spiro atoms. The minimum absolute atomic E-state index is 0.0594. The summed E-state index contributed by atoms with van der Waals surface area (Å²) in [5.74, 6) is 0.482. The van der Waals surface area contributed by atoms with Gasteiger partial charge >= 0.3 is 6.18 Å².